The van der Waals surface area contributed by atoms with Crippen LogP contribution in [0.15, 0.2) is 54.7 Å². The quantitative estimate of drug-likeness (QED) is 0.850. The van der Waals surface area contributed by atoms with Crippen molar-refractivity contribution in [2.45, 2.75) is 32.7 Å². The molecule has 0 saturated heterocycles. The van der Waals surface area contributed by atoms with E-state index >= 15 is 0 Å². The first-order chi connectivity index (χ1) is 9.68. The van der Waals surface area contributed by atoms with Crippen LogP contribution in [-0.4, -0.2) is 11.5 Å². The molecule has 1 aromatic carbocycles. The molecule has 1 aromatic heterocycles. The van der Waals surface area contributed by atoms with E-state index in [4.69, 9.17) is 0 Å². The molecule has 0 aliphatic carbocycles. The third-order valence-corrected chi connectivity index (χ3v) is 3.81. The third kappa shape index (κ3) is 3.91. The van der Waals surface area contributed by atoms with Gasteiger partial charge < -0.3 is 5.32 Å². The summed E-state index contributed by atoms with van der Waals surface area (Å²) in [6.45, 7) is 7.71. The van der Waals surface area contributed by atoms with Crippen LogP contribution in [0.25, 0.3) is 0 Å². The summed E-state index contributed by atoms with van der Waals surface area (Å²) in [4.78, 5) is 4.41. The number of nitrogens with one attached hydrogen (secondary N) is 1. The maximum atomic E-state index is 4.41. The average Bonchev–Trinajstić information content (AvgIpc) is 2.49. The van der Waals surface area contributed by atoms with E-state index < -0.39 is 0 Å². The van der Waals surface area contributed by atoms with Crippen LogP contribution in [0, 0.1) is 5.92 Å². The standard InChI is InChI=1S/C18H24N2/c1-14(2)17(16-9-5-4-6-10-16)13-20-15(3)18-11-7-8-12-19-18/h4-12,14-15,17,20H,13H2,1-3H3/t15-,17?/m0/s1. The van der Waals surface area contributed by atoms with Gasteiger partial charge in [0.05, 0.1) is 5.69 Å². The summed E-state index contributed by atoms with van der Waals surface area (Å²) in [5.74, 6) is 1.14. The van der Waals surface area contributed by atoms with Crippen LogP contribution in [0.1, 0.15) is 44.0 Å². The topological polar surface area (TPSA) is 24.9 Å². The van der Waals surface area contributed by atoms with Gasteiger partial charge in [0.15, 0.2) is 0 Å². The molecule has 2 aromatic rings. The molecule has 20 heavy (non-hydrogen) atoms. The molecule has 0 aliphatic heterocycles. The number of benzene rings is 1. The van der Waals surface area contributed by atoms with Crippen molar-refractivity contribution in [1.82, 2.24) is 10.3 Å². The first kappa shape index (κ1) is 14.7. The molecule has 0 fully saturated rings. The van der Waals surface area contributed by atoms with Gasteiger partial charge >= 0.3 is 0 Å². The van der Waals surface area contributed by atoms with Gasteiger partial charge in [-0.25, -0.2) is 0 Å². The molecule has 1 unspecified atom stereocenters. The van der Waals surface area contributed by atoms with Crippen LogP contribution in [-0.2, 0) is 0 Å². The molecule has 2 atom stereocenters. The SMILES string of the molecule is CC(C)C(CN[C@@H](C)c1ccccn1)c1ccccc1. The lowest BCUT2D eigenvalue weighted by Gasteiger charge is -2.24. The van der Waals surface area contributed by atoms with Crippen LogP contribution < -0.4 is 5.32 Å². The Morgan fingerprint density at radius 3 is 2.25 bits per heavy atom. The molecule has 0 spiro atoms. The molecular weight excluding hydrogens is 244 g/mol. The van der Waals surface area contributed by atoms with Crippen LogP contribution in [0.5, 0.6) is 0 Å². The minimum atomic E-state index is 0.279. The Balaban J connectivity index is 2.00. The molecule has 0 saturated carbocycles. The van der Waals surface area contributed by atoms with E-state index in [9.17, 15) is 0 Å². The third-order valence-electron chi connectivity index (χ3n) is 3.81. The van der Waals surface area contributed by atoms with Gasteiger partial charge in [0.25, 0.3) is 0 Å². The Morgan fingerprint density at radius 1 is 0.950 bits per heavy atom. The van der Waals surface area contributed by atoms with Crippen molar-refractivity contribution < 1.29 is 0 Å². The molecule has 0 radical (unpaired) electrons. The summed E-state index contributed by atoms with van der Waals surface area (Å²) in [7, 11) is 0. The fourth-order valence-corrected chi connectivity index (χ4v) is 2.48. The number of aromatic nitrogens is 1. The highest BCUT2D eigenvalue weighted by molar-refractivity contribution is 5.20. The van der Waals surface area contributed by atoms with E-state index in [0.717, 1.165) is 12.2 Å². The van der Waals surface area contributed by atoms with Crippen molar-refractivity contribution in [3.05, 3.63) is 66.0 Å². The Kier molecular flexibility index (Phi) is 5.31. The molecule has 2 rings (SSSR count). The summed E-state index contributed by atoms with van der Waals surface area (Å²) < 4.78 is 0. The first-order valence-electron chi connectivity index (χ1n) is 7.37. The summed E-state index contributed by atoms with van der Waals surface area (Å²) >= 11 is 0. The Labute approximate surface area is 122 Å². The maximum Gasteiger partial charge on any atom is 0.0570 e. The van der Waals surface area contributed by atoms with Crippen LogP contribution in [0.3, 0.4) is 0 Å². The maximum absolute atomic E-state index is 4.41. The lowest BCUT2D eigenvalue weighted by atomic mass is 9.88. The zero-order chi connectivity index (χ0) is 14.4. The van der Waals surface area contributed by atoms with Gasteiger partial charge in [-0.2, -0.15) is 0 Å². The van der Waals surface area contributed by atoms with Gasteiger partial charge in [-0.3, -0.25) is 4.98 Å². The molecule has 1 N–H and O–H groups in total. The second kappa shape index (κ2) is 7.20. The number of hydrogen-bond acceptors (Lipinski definition) is 2. The molecule has 106 valence electrons. The van der Waals surface area contributed by atoms with E-state index in [-0.39, 0.29) is 6.04 Å². The van der Waals surface area contributed by atoms with Crippen molar-refractivity contribution in [3.63, 3.8) is 0 Å². The fourth-order valence-electron chi connectivity index (χ4n) is 2.48. The molecule has 0 aliphatic rings. The molecule has 1 heterocycles. The smallest absolute Gasteiger partial charge is 0.0570 e. The normalized spacial score (nSPS) is 14.2. The summed E-state index contributed by atoms with van der Waals surface area (Å²) in [6.07, 6.45) is 1.85. The van der Waals surface area contributed by atoms with Crippen molar-refractivity contribution in [2.75, 3.05) is 6.54 Å². The van der Waals surface area contributed by atoms with Gasteiger partial charge in [0.2, 0.25) is 0 Å². The zero-order valence-corrected chi connectivity index (χ0v) is 12.6. The fraction of sp³-hybridized carbons (Fsp3) is 0.389. The minimum Gasteiger partial charge on any atom is -0.308 e. The number of rotatable bonds is 6. The molecule has 2 heteroatoms. The van der Waals surface area contributed by atoms with Gasteiger partial charge in [0.1, 0.15) is 0 Å². The largest absolute Gasteiger partial charge is 0.308 e. The predicted molar refractivity (Wildman–Crippen MR) is 84.7 cm³/mol. The lowest BCUT2D eigenvalue weighted by molar-refractivity contribution is 0.433. The molecule has 2 nitrogen and oxygen atoms in total. The van der Waals surface area contributed by atoms with Gasteiger partial charge in [-0.15, -0.1) is 0 Å². The summed E-state index contributed by atoms with van der Waals surface area (Å²) in [5, 5.41) is 3.62. The van der Waals surface area contributed by atoms with Crippen LogP contribution in [0.2, 0.25) is 0 Å². The van der Waals surface area contributed by atoms with Gasteiger partial charge in [-0.1, -0.05) is 50.2 Å². The first-order valence-corrected chi connectivity index (χ1v) is 7.37. The highest BCUT2D eigenvalue weighted by Crippen LogP contribution is 2.24. The van der Waals surface area contributed by atoms with Crippen molar-refractivity contribution >= 4 is 0 Å². The Hall–Kier alpha value is -1.67. The van der Waals surface area contributed by atoms with Crippen molar-refractivity contribution in [1.29, 1.82) is 0 Å². The lowest BCUT2D eigenvalue weighted by Crippen LogP contribution is -2.27. The van der Waals surface area contributed by atoms with E-state index in [1.165, 1.54) is 5.56 Å². The second-order valence-corrected chi connectivity index (χ2v) is 5.65. The van der Waals surface area contributed by atoms with Crippen molar-refractivity contribution in [2.24, 2.45) is 5.92 Å². The Bertz CT molecular complexity index is 493. The van der Waals surface area contributed by atoms with Gasteiger partial charge in [-0.05, 0) is 36.5 Å². The highest BCUT2D eigenvalue weighted by Gasteiger charge is 2.17. The van der Waals surface area contributed by atoms with E-state index in [1.54, 1.807) is 0 Å². The van der Waals surface area contributed by atoms with Gasteiger partial charge in [0, 0.05) is 18.8 Å². The average molecular weight is 268 g/mol. The van der Waals surface area contributed by atoms with E-state index in [2.05, 4.69) is 67.5 Å². The molecular formula is C18H24N2. The summed E-state index contributed by atoms with van der Waals surface area (Å²) in [5.41, 5.74) is 2.51. The van der Waals surface area contributed by atoms with Crippen LogP contribution in [0.4, 0.5) is 0 Å². The molecule has 0 bridgehead atoms. The van der Waals surface area contributed by atoms with E-state index in [1.807, 2.05) is 18.3 Å². The highest BCUT2D eigenvalue weighted by atomic mass is 14.9. The van der Waals surface area contributed by atoms with E-state index in [0.29, 0.717) is 11.8 Å². The van der Waals surface area contributed by atoms with Crippen LogP contribution >= 0.6 is 0 Å². The predicted octanol–water partition coefficient (Wildman–Crippen LogP) is 4.17. The zero-order valence-electron chi connectivity index (χ0n) is 12.6. The minimum absolute atomic E-state index is 0.279. The van der Waals surface area contributed by atoms with Crippen molar-refractivity contribution in [3.8, 4) is 0 Å². The molecule has 0 amide bonds. The Morgan fingerprint density at radius 2 is 1.65 bits per heavy atom. The number of hydrogen-bond donors (Lipinski definition) is 1. The monoisotopic (exact) mass is 268 g/mol. The number of nitrogens with zero attached hydrogens (tertiary/aromatic N) is 1. The second-order valence-electron chi connectivity index (χ2n) is 5.65. The summed E-state index contributed by atoms with van der Waals surface area (Å²) in [6, 6.07) is 17.1. The number of pyridine rings is 1.